The Morgan fingerprint density at radius 2 is 2.22 bits per heavy atom. The predicted molar refractivity (Wildman–Crippen MR) is 66.5 cm³/mol. The number of hydrogen-bond donors (Lipinski definition) is 2. The van der Waals surface area contributed by atoms with Gasteiger partial charge in [-0.05, 0) is 13.8 Å². The molecule has 0 atom stereocenters. The summed E-state index contributed by atoms with van der Waals surface area (Å²) < 4.78 is 1.61. The number of nitrogens with one attached hydrogen (secondary N) is 1. The average Bonchev–Trinajstić information content (AvgIpc) is 2.57. The van der Waals surface area contributed by atoms with Crippen molar-refractivity contribution in [3.63, 3.8) is 0 Å². The minimum atomic E-state index is -0.918. The number of carbonyl (C=O) groups is 2. The van der Waals surface area contributed by atoms with Crippen molar-refractivity contribution in [3.8, 4) is 0 Å². The van der Waals surface area contributed by atoms with Crippen LogP contribution in [0.2, 0.25) is 0 Å². The van der Waals surface area contributed by atoms with Crippen LogP contribution in [0, 0.1) is 6.92 Å². The minimum Gasteiger partial charge on any atom is -0.481 e. The van der Waals surface area contributed by atoms with Crippen LogP contribution in [0.5, 0.6) is 0 Å². The first-order valence-electron chi connectivity index (χ1n) is 5.72. The molecule has 0 aliphatic heterocycles. The van der Waals surface area contributed by atoms with Gasteiger partial charge >= 0.3 is 12.0 Å². The van der Waals surface area contributed by atoms with Gasteiger partial charge in [0.2, 0.25) is 0 Å². The summed E-state index contributed by atoms with van der Waals surface area (Å²) in [5.41, 5.74) is 1.36. The zero-order valence-electron chi connectivity index (χ0n) is 10.8. The van der Waals surface area contributed by atoms with E-state index in [0.717, 1.165) is 5.69 Å². The predicted octanol–water partition coefficient (Wildman–Crippen LogP) is 1.06. The van der Waals surface area contributed by atoms with Crippen molar-refractivity contribution in [2.75, 3.05) is 18.4 Å². The maximum Gasteiger partial charge on any atom is 0.321 e. The second-order valence-electron chi connectivity index (χ2n) is 3.96. The van der Waals surface area contributed by atoms with Gasteiger partial charge in [0.25, 0.3) is 0 Å². The van der Waals surface area contributed by atoms with Gasteiger partial charge in [-0.25, -0.2) is 4.79 Å². The van der Waals surface area contributed by atoms with Crippen molar-refractivity contribution in [1.82, 2.24) is 14.7 Å². The number of hydrogen-bond acceptors (Lipinski definition) is 3. The highest BCUT2D eigenvalue weighted by Crippen LogP contribution is 2.12. The molecule has 0 saturated heterocycles. The highest BCUT2D eigenvalue weighted by atomic mass is 16.4. The Balaban J connectivity index is 2.62. The molecule has 0 aliphatic carbocycles. The van der Waals surface area contributed by atoms with E-state index in [4.69, 9.17) is 5.11 Å². The Labute approximate surface area is 105 Å². The van der Waals surface area contributed by atoms with Gasteiger partial charge in [0, 0.05) is 26.3 Å². The molecule has 0 aliphatic rings. The molecule has 7 heteroatoms. The minimum absolute atomic E-state index is 0.0622. The van der Waals surface area contributed by atoms with Gasteiger partial charge in [0.05, 0.1) is 17.8 Å². The Morgan fingerprint density at radius 1 is 1.56 bits per heavy atom. The molecule has 7 nitrogen and oxygen atoms in total. The molecule has 1 rings (SSSR count). The number of amides is 2. The van der Waals surface area contributed by atoms with Crippen molar-refractivity contribution in [2.45, 2.75) is 20.3 Å². The van der Waals surface area contributed by atoms with Crippen molar-refractivity contribution >= 4 is 17.7 Å². The number of aromatic nitrogens is 2. The lowest BCUT2D eigenvalue weighted by Gasteiger charge is -2.20. The molecule has 0 aromatic carbocycles. The first-order chi connectivity index (χ1) is 8.43. The van der Waals surface area contributed by atoms with Crippen LogP contribution in [0.3, 0.4) is 0 Å². The molecule has 2 amide bonds. The van der Waals surface area contributed by atoms with Crippen molar-refractivity contribution in [3.05, 3.63) is 11.9 Å². The van der Waals surface area contributed by atoms with Gasteiger partial charge < -0.3 is 15.3 Å². The summed E-state index contributed by atoms with van der Waals surface area (Å²) in [7, 11) is 1.77. The van der Waals surface area contributed by atoms with Gasteiger partial charge in [-0.15, -0.1) is 0 Å². The highest BCUT2D eigenvalue weighted by Gasteiger charge is 2.14. The average molecular weight is 254 g/mol. The van der Waals surface area contributed by atoms with Gasteiger partial charge in [-0.2, -0.15) is 5.10 Å². The molecule has 1 heterocycles. The van der Waals surface area contributed by atoms with Crippen LogP contribution in [-0.4, -0.2) is 44.9 Å². The maximum atomic E-state index is 11.9. The lowest BCUT2D eigenvalue weighted by Crippen LogP contribution is -2.36. The zero-order chi connectivity index (χ0) is 13.7. The van der Waals surface area contributed by atoms with E-state index >= 15 is 0 Å². The second kappa shape index (κ2) is 6.04. The molecule has 0 bridgehead atoms. The molecule has 0 spiro atoms. The smallest absolute Gasteiger partial charge is 0.321 e. The van der Waals surface area contributed by atoms with E-state index in [1.54, 1.807) is 31.8 Å². The molecule has 2 N–H and O–H groups in total. The second-order valence-corrected chi connectivity index (χ2v) is 3.96. The molecule has 0 saturated carbocycles. The molecule has 18 heavy (non-hydrogen) atoms. The number of rotatable bonds is 5. The molecular weight excluding hydrogens is 236 g/mol. The van der Waals surface area contributed by atoms with Gasteiger partial charge in [-0.1, -0.05) is 0 Å². The number of urea groups is 1. The summed E-state index contributed by atoms with van der Waals surface area (Å²) in [6, 6.07) is -0.310. The third kappa shape index (κ3) is 3.76. The topological polar surface area (TPSA) is 87.5 Å². The quantitative estimate of drug-likeness (QED) is 0.822. The van der Waals surface area contributed by atoms with E-state index in [9.17, 15) is 9.59 Å². The molecule has 0 radical (unpaired) electrons. The number of carbonyl (C=O) groups excluding carboxylic acids is 1. The Kier molecular flexibility index (Phi) is 4.70. The fraction of sp³-hybridized carbons (Fsp3) is 0.545. The summed E-state index contributed by atoms with van der Waals surface area (Å²) in [6.45, 7) is 4.25. The first kappa shape index (κ1) is 14.0. The summed E-state index contributed by atoms with van der Waals surface area (Å²) in [5.74, 6) is -0.918. The summed E-state index contributed by atoms with van der Waals surface area (Å²) in [4.78, 5) is 23.8. The van der Waals surface area contributed by atoms with Gasteiger partial charge in [-0.3, -0.25) is 9.48 Å². The van der Waals surface area contributed by atoms with Crippen LogP contribution in [-0.2, 0) is 11.8 Å². The lowest BCUT2D eigenvalue weighted by atomic mass is 10.3. The van der Waals surface area contributed by atoms with Crippen molar-refractivity contribution in [2.24, 2.45) is 7.05 Å². The third-order valence-electron chi connectivity index (χ3n) is 2.52. The van der Waals surface area contributed by atoms with E-state index in [0.29, 0.717) is 12.2 Å². The van der Waals surface area contributed by atoms with Crippen molar-refractivity contribution < 1.29 is 14.7 Å². The highest BCUT2D eigenvalue weighted by molar-refractivity contribution is 5.89. The molecule has 1 aromatic heterocycles. The normalized spacial score (nSPS) is 10.2. The Morgan fingerprint density at radius 3 is 2.67 bits per heavy atom. The van der Waals surface area contributed by atoms with Gasteiger partial charge in [0.1, 0.15) is 0 Å². The van der Waals surface area contributed by atoms with E-state index < -0.39 is 5.97 Å². The van der Waals surface area contributed by atoms with Crippen LogP contribution in [0.4, 0.5) is 10.5 Å². The molecule has 0 unspecified atom stereocenters. The van der Waals surface area contributed by atoms with E-state index in [2.05, 4.69) is 10.4 Å². The number of aryl methyl sites for hydroxylation is 2. The van der Waals surface area contributed by atoms with Crippen LogP contribution < -0.4 is 5.32 Å². The number of nitrogens with zero attached hydrogens (tertiary/aromatic N) is 3. The van der Waals surface area contributed by atoms with E-state index in [1.165, 1.54) is 4.90 Å². The molecule has 100 valence electrons. The van der Waals surface area contributed by atoms with Crippen LogP contribution >= 0.6 is 0 Å². The largest absolute Gasteiger partial charge is 0.481 e. The molecule has 1 aromatic rings. The Hall–Kier alpha value is -2.05. The van der Waals surface area contributed by atoms with E-state index in [-0.39, 0.29) is 19.0 Å². The standard InChI is InChI=1S/C11H18N4O3/c1-4-15(6-5-10(16)17)11(18)12-9-7-14(3)13-8(9)2/h7H,4-6H2,1-3H3,(H,12,18)(H,16,17). The molecular formula is C11H18N4O3. The van der Waals surface area contributed by atoms with Crippen LogP contribution in [0.25, 0.3) is 0 Å². The number of carboxylic acid groups (broad SMARTS) is 1. The van der Waals surface area contributed by atoms with E-state index in [1.807, 2.05) is 0 Å². The van der Waals surface area contributed by atoms with Crippen molar-refractivity contribution in [1.29, 1.82) is 0 Å². The van der Waals surface area contributed by atoms with Crippen LogP contribution in [0.1, 0.15) is 19.0 Å². The first-order valence-corrected chi connectivity index (χ1v) is 5.72. The monoisotopic (exact) mass is 254 g/mol. The third-order valence-corrected chi connectivity index (χ3v) is 2.52. The summed E-state index contributed by atoms with van der Waals surface area (Å²) in [5, 5.41) is 15.4. The van der Waals surface area contributed by atoms with Crippen LogP contribution in [0.15, 0.2) is 6.20 Å². The fourth-order valence-corrected chi connectivity index (χ4v) is 1.55. The number of carboxylic acids is 1. The Bertz CT molecular complexity index is 441. The molecule has 0 fully saturated rings. The van der Waals surface area contributed by atoms with Gasteiger partial charge in [0.15, 0.2) is 0 Å². The number of anilines is 1. The fourth-order valence-electron chi connectivity index (χ4n) is 1.55. The zero-order valence-corrected chi connectivity index (χ0v) is 10.8. The number of aliphatic carboxylic acids is 1. The summed E-state index contributed by atoms with van der Waals surface area (Å²) in [6.07, 6.45) is 1.64. The lowest BCUT2D eigenvalue weighted by molar-refractivity contribution is -0.137. The summed E-state index contributed by atoms with van der Waals surface area (Å²) >= 11 is 0. The maximum absolute atomic E-state index is 11.9. The SMILES string of the molecule is CCN(CCC(=O)O)C(=O)Nc1cn(C)nc1C.